The molecule has 9 heteroatoms. The number of ether oxygens (including phenoxy) is 1. The standard InChI is InChI=1S/C24H21N5O3S/c25-11-12-28-21(26-19-9-3-1-7-17(19)22(28)30)15-33-24-27-20-10-4-2-8-18(20)23(31)29(24)14-16-6-5-13-32-16/h1-4,7-10,16H,5-6,12-15H2/t16-/m1/s1. The van der Waals surface area contributed by atoms with Crippen LogP contribution in [0.5, 0.6) is 0 Å². The average Bonchev–Trinajstić information content (AvgIpc) is 3.35. The molecule has 33 heavy (non-hydrogen) atoms. The van der Waals surface area contributed by atoms with E-state index in [0.717, 1.165) is 12.8 Å². The Morgan fingerprint density at radius 3 is 2.33 bits per heavy atom. The highest BCUT2D eigenvalue weighted by molar-refractivity contribution is 7.98. The molecule has 1 atom stereocenters. The molecule has 0 amide bonds. The second kappa shape index (κ2) is 9.17. The molecule has 1 fully saturated rings. The summed E-state index contributed by atoms with van der Waals surface area (Å²) in [6.45, 7) is 1.03. The molecule has 2 aromatic carbocycles. The first-order valence-corrected chi connectivity index (χ1v) is 11.7. The number of hydrogen-bond donors (Lipinski definition) is 0. The Bertz CT molecular complexity index is 1500. The summed E-state index contributed by atoms with van der Waals surface area (Å²) in [5.74, 6) is 0.759. The van der Waals surface area contributed by atoms with Gasteiger partial charge in [0.2, 0.25) is 0 Å². The highest BCUT2D eigenvalue weighted by Crippen LogP contribution is 2.24. The Morgan fingerprint density at radius 1 is 1.00 bits per heavy atom. The minimum absolute atomic E-state index is 0.0272. The number of fused-ring (bicyclic) bond motifs is 2. The van der Waals surface area contributed by atoms with Gasteiger partial charge in [0.15, 0.2) is 5.16 Å². The number of nitrogens with zero attached hydrogens (tertiary/aromatic N) is 5. The van der Waals surface area contributed by atoms with Crippen LogP contribution < -0.4 is 11.1 Å². The first-order valence-electron chi connectivity index (χ1n) is 10.7. The summed E-state index contributed by atoms with van der Waals surface area (Å²) in [4.78, 5) is 35.6. The lowest BCUT2D eigenvalue weighted by atomic mass is 10.2. The van der Waals surface area contributed by atoms with Gasteiger partial charge in [0.05, 0.1) is 46.3 Å². The highest BCUT2D eigenvalue weighted by atomic mass is 32.2. The molecule has 1 saturated heterocycles. The van der Waals surface area contributed by atoms with Gasteiger partial charge < -0.3 is 4.74 Å². The fourth-order valence-corrected chi connectivity index (χ4v) is 5.05. The molecule has 0 N–H and O–H groups in total. The van der Waals surface area contributed by atoms with E-state index in [1.54, 1.807) is 28.8 Å². The van der Waals surface area contributed by atoms with Crippen molar-refractivity contribution in [2.24, 2.45) is 0 Å². The molecule has 1 aliphatic rings. The van der Waals surface area contributed by atoms with Crippen molar-refractivity contribution in [2.75, 3.05) is 6.61 Å². The lowest BCUT2D eigenvalue weighted by Gasteiger charge is -2.17. The first-order chi connectivity index (χ1) is 16.2. The van der Waals surface area contributed by atoms with Crippen molar-refractivity contribution in [3.8, 4) is 6.07 Å². The fraction of sp³-hybridized carbons (Fsp3) is 0.292. The lowest BCUT2D eigenvalue weighted by molar-refractivity contribution is 0.0937. The van der Waals surface area contributed by atoms with Crippen LogP contribution in [0.4, 0.5) is 0 Å². The molecule has 0 radical (unpaired) electrons. The van der Waals surface area contributed by atoms with Crippen molar-refractivity contribution in [1.29, 1.82) is 5.26 Å². The maximum absolute atomic E-state index is 13.3. The summed E-state index contributed by atoms with van der Waals surface area (Å²) in [6.07, 6.45) is 1.85. The van der Waals surface area contributed by atoms with Crippen LogP contribution in [-0.4, -0.2) is 31.8 Å². The summed E-state index contributed by atoms with van der Waals surface area (Å²) >= 11 is 1.33. The van der Waals surface area contributed by atoms with E-state index >= 15 is 0 Å². The third-order valence-electron chi connectivity index (χ3n) is 5.74. The molecule has 8 nitrogen and oxygen atoms in total. The van der Waals surface area contributed by atoms with Crippen LogP contribution in [0, 0.1) is 11.3 Å². The van der Waals surface area contributed by atoms with Crippen LogP contribution in [0.2, 0.25) is 0 Å². The fourth-order valence-electron chi connectivity index (χ4n) is 4.10. The molecule has 166 valence electrons. The van der Waals surface area contributed by atoms with Crippen molar-refractivity contribution in [3.63, 3.8) is 0 Å². The summed E-state index contributed by atoms with van der Waals surface area (Å²) in [5, 5.41) is 10.8. The molecule has 4 aromatic rings. The number of aromatic nitrogens is 4. The first kappa shape index (κ1) is 21.4. The van der Waals surface area contributed by atoms with Crippen molar-refractivity contribution in [3.05, 3.63) is 75.1 Å². The van der Waals surface area contributed by atoms with Gasteiger partial charge in [-0.2, -0.15) is 5.26 Å². The zero-order chi connectivity index (χ0) is 22.8. The Hall–Kier alpha value is -3.48. The molecular weight excluding hydrogens is 438 g/mol. The molecule has 0 unspecified atom stereocenters. The average molecular weight is 460 g/mol. The Balaban J connectivity index is 1.56. The van der Waals surface area contributed by atoms with E-state index < -0.39 is 0 Å². The second-order valence-electron chi connectivity index (χ2n) is 7.85. The maximum Gasteiger partial charge on any atom is 0.262 e. The van der Waals surface area contributed by atoms with E-state index in [2.05, 4.69) is 4.98 Å². The lowest BCUT2D eigenvalue weighted by Crippen LogP contribution is -2.29. The van der Waals surface area contributed by atoms with Crippen LogP contribution in [0.15, 0.2) is 63.3 Å². The second-order valence-corrected chi connectivity index (χ2v) is 8.79. The monoisotopic (exact) mass is 459 g/mol. The molecule has 2 aromatic heterocycles. The number of rotatable bonds is 6. The third kappa shape index (κ3) is 4.15. The van der Waals surface area contributed by atoms with Gasteiger partial charge in [-0.1, -0.05) is 36.0 Å². The van der Waals surface area contributed by atoms with Gasteiger partial charge in [-0.15, -0.1) is 0 Å². The molecule has 3 heterocycles. The summed E-state index contributed by atoms with van der Waals surface area (Å²) in [5.41, 5.74) is 0.838. The van der Waals surface area contributed by atoms with Crippen LogP contribution in [0.1, 0.15) is 18.7 Å². The SMILES string of the molecule is N#CCn1c(CSc2nc3ccccc3c(=O)n2C[C@H]2CCCO2)nc2ccccc2c1=O. The normalized spacial score (nSPS) is 15.8. The Morgan fingerprint density at radius 2 is 1.67 bits per heavy atom. The number of nitriles is 1. The Kier molecular flexibility index (Phi) is 5.94. The minimum atomic E-state index is -0.249. The molecule has 0 saturated carbocycles. The number of benzene rings is 2. The number of para-hydroxylation sites is 2. The van der Waals surface area contributed by atoms with Crippen molar-refractivity contribution in [1.82, 2.24) is 19.1 Å². The number of hydrogen-bond acceptors (Lipinski definition) is 7. The summed E-state index contributed by atoms with van der Waals surface area (Å²) in [7, 11) is 0. The van der Waals surface area contributed by atoms with Gasteiger partial charge in [-0.25, -0.2) is 9.97 Å². The van der Waals surface area contributed by atoms with Crippen LogP contribution >= 0.6 is 11.8 Å². The Labute approximate surface area is 193 Å². The smallest absolute Gasteiger partial charge is 0.262 e. The number of thioether (sulfide) groups is 1. The van der Waals surface area contributed by atoms with Gasteiger partial charge >= 0.3 is 0 Å². The molecule has 0 spiro atoms. The van der Waals surface area contributed by atoms with E-state index in [4.69, 9.17) is 9.72 Å². The zero-order valence-corrected chi connectivity index (χ0v) is 18.6. The summed E-state index contributed by atoms with van der Waals surface area (Å²) in [6, 6.07) is 16.4. The third-order valence-corrected chi connectivity index (χ3v) is 6.71. The van der Waals surface area contributed by atoms with E-state index in [1.807, 2.05) is 30.3 Å². The largest absolute Gasteiger partial charge is 0.376 e. The molecule has 1 aliphatic heterocycles. The van der Waals surface area contributed by atoms with Crippen LogP contribution in [0.25, 0.3) is 21.8 Å². The molecular formula is C24H21N5O3S. The summed E-state index contributed by atoms with van der Waals surface area (Å²) < 4.78 is 8.82. The van der Waals surface area contributed by atoms with Gasteiger partial charge in [0, 0.05) is 6.61 Å². The van der Waals surface area contributed by atoms with Gasteiger partial charge in [-0.3, -0.25) is 18.7 Å². The molecule has 0 aliphatic carbocycles. The topological polar surface area (TPSA) is 103 Å². The zero-order valence-electron chi connectivity index (χ0n) is 17.8. The predicted molar refractivity (Wildman–Crippen MR) is 126 cm³/mol. The van der Waals surface area contributed by atoms with Crippen molar-refractivity contribution in [2.45, 2.75) is 42.9 Å². The van der Waals surface area contributed by atoms with E-state index in [9.17, 15) is 14.9 Å². The quantitative estimate of drug-likeness (QED) is 0.322. The van der Waals surface area contributed by atoms with Crippen molar-refractivity contribution >= 4 is 33.6 Å². The van der Waals surface area contributed by atoms with Crippen LogP contribution in [-0.2, 0) is 23.6 Å². The van der Waals surface area contributed by atoms with E-state index in [1.165, 1.54) is 16.3 Å². The van der Waals surface area contributed by atoms with Gasteiger partial charge in [-0.05, 0) is 37.1 Å². The maximum atomic E-state index is 13.3. The predicted octanol–water partition coefficient (Wildman–Crippen LogP) is 3.10. The van der Waals surface area contributed by atoms with Crippen molar-refractivity contribution < 1.29 is 4.74 Å². The van der Waals surface area contributed by atoms with Crippen LogP contribution in [0.3, 0.4) is 0 Å². The van der Waals surface area contributed by atoms with Gasteiger partial charge in [0.25, 0.3) is 11.1 Å². The minimum Gasteiger partial charge on any atom is -0.376 e. The van der Waals surface area contributed by atoms with E-state index in [0.29, 0.717) is 45.9 Å². The highest BCUT2D eigenvalue weighted by Gasteiger charge is 2.21. The van der Waals surface area contributed by atoms with E-state index in [-0.39, 0.29) is 29.5 Å². The molecule has 5 rings (SSSR count). The molecule has 0 bridgehead atoms. The van der Waals surface area contributed by atoms with Gasteiger partial charge in [0.1, 0.15) is 12.4 Å².